The second-order valence-electron chi connectivity index (χ2n) is 6.56. The molecule has 128 valence electrons. The summed E-state index contributed by atoms with van der Waals surface area (Å²) in [7, 11) is 0. The Morgan fingerprint density at radius 2 is 2.04 bits per heavy atom. The summed E-state index contributed by atoms with van der Waals surface area (Å²) in [6.45, 7) is 0. The molecule has 0 spiro atoms. The van der Waals surface area contributed by atoms with Crippen molar-refractivity contribution in [1.82, 2.24) is 0 Å². The van der Waals surface area contributed by atoms with Crippen LogP contribution < -0.4 is 36.7 Å². The number of fused-ring (bicyclic) bond motifs is 1. The van der Waals surface area contributed by atoms with Gasteiger partial charge in [0.1, 0.15) is 11.1 Å². The number of hydrogen-bond acceptors (Lipinski definition) is 3. The van der Waals surface area contributed by atoms with Crippen LogP contribution in [0.1, 0.15) is 43.0 Å². The smallest absolute Gasteiger partial charge is 0.271 e. The topological polar surface area (TPSA) is 110 Å². The molecule has 2 aromatic carbocycles. The van der Waals surface area contributed by atoms with Gasteiger partial charge in [0, 0.05) is 11.6 Å². The summed E-state index contributed by atoms with van der Waals surface area (Å²) in [6, 6.07) is 10.9. The van der Waals surface area contributed by atoms with Crippen LogP contribution in [-0.4, -0.2) is 11.9 Å². The molecule has 1 unspecified atom stereocenters. The van der Waals surface area contributed by atoms with Gasteiger partial charge >= 0.3 is 0 Å². The van der Waals surface area contributed by atoms with Crippen molar-refractivity contribution in [3.05, 3.63) is 58.2 Å². The van der Waals surface area contributed by atoms with Gasteiger partial charge in [-0.2, -0.15) is 0 Å². The van der Waals surface area contributed by atoms with E-state index in [4.69, 9.17) is 15.9 Å². The minimum atomic E-state index is -0.427. The summed E-state index contributed by atoms with van der Waals surface area (Å²) in [4.78, 5) is 7.87. The van der Waals surface area contributed by atoms with Gasteiger partial charge in [0.25, 0.3) is 12.0 Å². The second-order valence-corrected chi connectivity index (χ2v) is 6.56. The van der Waals surface area contributed by atoms with E-state index >= 15 is 0 Å². The van der Waals surface area contributed by atoms with Gasteiger partial charge in [0.05, 0.1) is 11.7 Å². The van der Waals surface area contributed by atoms with Crippen LogP contribution in [0.25, 0.3) is 0 Å². The van der Waals surface area contributed by atoms with Crippen LogP contribution >= 0.6 is 0 Å². The molecule has 1 heterocycles. The maximum absolute atomic E-state index is 12.8. The van der Waals surface area contributed by atoms with Gasteiger partial charge in [-0.1, -0.05) is 17.9 Å². The van der Waals surface area contributed by atoms with Crippen LogP contribution in [-0.2, 0) is 0 Å². The zero-order chi connectivity index (χ0) is 17.4. The molecule has 1 aliphatic heterocycles. The van der Waals surface area contributed by atoms with Crippen molar-refractivity contribution >= 4 is 5.84 Å². The van der Waals surface area contributed by atoms with E-state index in [-0.39, 0.29) is 17.7 Å². The Morgan fingerprint density at radius 3 is 2.80 bits per heavy atom. The highest BCUT2D eigenvalue weighted by molar-refractivity contribution is 5.92. The molecule has 0 saturated heterocycles. The first kappa shape index (κ1) is 15.6. The lowest BCUT2D eigenvalue weighted by Gasteiger charge is -2.21. The zero-order valence-corrected chi connectivity index (χ0v) is 13.9. The molecule has 1 saturated carbocycles. The van der Waals surface area contributed by atoms with E-state index in [0.29, 0.717) is 11.3 Å². The molecule has 0 radical (unpaired) electrons. The number of nitrogens with zero attached hydrogens (tertiary/aromatic N) is 1. The van der Waals surface area contributed by atoms with Crippen molar-refractivity contribution in [3.63, 3.8) is 0 Å². The fraction of sp³-hybridized carbons (Fsp3) is 0.316. The highest BCUT2D eigenvalue weighted by Gasteiger charge is 2.23. The highest BCUT2D eigenvalue weighted by atomic mass is 16.5. The van der Waals surface area contributed by atoms with Gasteiger partial charge < -0.3 is 9.84 Å². The first-order chi connectivity index (χ1) is 12.1. The summed E-state index contributed by atoms with van der Waals surface area (Å²) < 4.78 is 5.92. The summed E-state index contributed by atoms with van der Waals surface area (Å²) in [6.07, 6.45) is 4.08. The van der Waals surface area contributed by atoms with E-state index in [1.807, 2.05) is 24.3 Å². The van der Waals surface area contributed by atoms with Gasteiger partial charge in [0.15, 0.2) is 0 Å². The second kappa shape index (κ2) is 6.20. The molecule has 2 aliphatic rings. The molecule has 1 aliphatic carbocycles. The molecule has 6 heteroatoms. The summed E-state index contributed by atoms with van der Waals surface area (Å²) in [5, 5.41) is 20.0. The lowest BCUT2D eigenvalue weighted by Crippen LogP contribution is -2.76. The third-order valence-electron chi connectivity index (χ3n) is 4.79. The van der Waals surface area contributed by atoms with Gasteiger partial charge in [0.2, 0.25) is 5.36 Å². The largest absolute Gasteiger partial charge is 0.870 e. The Bertz CT molecular complexity index is 948. The molecule has 5 N–H and O–H groups in total. The van der Waals surface area contributed by atoms with E-state index in [1.165, 1.54) is 0 Å². The Kier molecular flexibility index (Phi) is 3.87. The number of para-hydroxylation sites is 1. The van der Waals surface area contributed by atoms with E-state index in [0.717, 1.165) is 42.0 Å². The number of rotatable bonds is 4. The zero-order valence-electron chi connectivity index (χ0n) is 13.9. The van der Waals surface area contributed by atoms with Crippen LogP contribution in [0.2, 0.25) is 0 Å². The fourth-order valence-corrected chi connectivity index (χ4v) is 3.43. The van der Waals surface area contributed by atoms with Crippen molar-refractivity contribution in [2.75, 3.05) is 0 Å². The first-order valence-electron chi connectivity index (χ1n) is 8.58. The average Bonchev–Trinajstić information content (AvgIpc) is 3.25. The molecular weight excluding hydrogens is 316 g/mol. The monoisotopic (exact) mass is 337 g/mol. The maximum atomic E-state index is 12.8. The SMILES string of the molecule is NC(=[NH2+])c1ccc2c(c1)=NC(c1cccc(OC3CCCC3)c1[O-])[NH+]=2. The van der Waals surface area contributed by atoms with Crippen molar-refractivity contribution < 1.29 is 20.2 Å². The van der Waals surface area contributed by atoms with Crippen molar-refractivity contribution in [2.45, 2.75) is 38.0 Å². The molecule has 25 heavy (non-hydrogen) atoms. The van der Waals surface area contributed by atoms with E-state index < -0.39 is 6.17 Å². The van der Waals surface area contributed by atoms with Gasteiger partial charge in [-0.05, 0) is 43.9 Å². The number of benzene rings is 2. The van der Waals surface area contributed by atoms with Crippen LogP contribution in [0.5, 0.6) is 11.5 Å². The van der Waals surface area contributed by atoms with E-state index in [1.54, 1.807) is 12.1 Å². The molecule has 1 fully saturated rings. The molecule has 4 rings (SSSR count). The number of nitrogens with two attached hydrogens (primary N) is 2. The molecule has 0 aromatic heterocycles. The Morgan fingerprint density at radius 1 is 1.24 bits per heavy atom. The van der Waals surface area contributed by atoms with Gasteiger partial charge in [-0.25, -0.2) is 9.98 Å². The third-order valence-corrected chi connectivity index (χ3v) is 4.79. The summed E-state index contributed by atoms with van der Waals surface area (Å²) in [5.74, 6) is 0.559. The predicted molar refractivity (Wildman–Crippen MR) is 89.0 cm³/mol. The molecule has 2 aromatic rings. The van der Waals surface area contributed by atoms with Crippen LogP contribution in [0.4, 0.5) is 0 Å². The maximum Gasteiger partial charge on any atom is 0.271 e. The first-order valence-corrected chi connectivity index (χ1v) is 8.58. The minimum absolute atomic E-state index is 0.103. The van der Waals surface area contributed by atoms with Crippen LogP contribution in [0, 0.1) is 0 Å². The Balaban J connectivity index is 1.67. The third kappa shape index (κ3) is 2.95. The van der Waals surface area contributed by atoms with Gasteiger partial charge in [-0.15, -0.1) is 0 Å². The minimum Gasteiger partial charge on any atom is -0.870 e. The molecule has 0 amide bonds. The summed E-state index contributed by atoms with van der Waals surface area (Å²) in [5.41, 5.74) is 6.95. The Labute approximate surface area is 145 Å². The number of hydrogen-bond donors (Lipinski definition) is 3. The van der Waals surface area contributed by atoms with E-state index in [9.17, 15) is 5.11 Å². The van der Waals surface area contributed by atoms with Gasteiger partial charge in [-0.3, -0.25) is 11.1 Å². The van der Waals surface area contributed by atoms with E-state index in [2.05, 4.69) is 9.98 Å². The fourth-order valence-electron chi connectivity index (χ4n) is 3.43. The lowest BCUT2D eigenvalue weighted by atomic mass is 10.1. The summed E-state index contributed by atoms with van der Waals surface area (Å²) >= 11 is 0. The van der Waals surface area contributed by atoms with Crippen LogP contribution in [0.3, 0.4) is 0 Å². The molecular formula is C19H21N4O2+. The standard InChI is InChI=1S/C19H20N4O2/c20-18(21)11-8-9-14-15(10-11)23-19(22-14)13-6-3-7-16(17(13)24)25-12-4-1-2-5-12/h3,6-10,12,19,24H,1-2,4-5H2,(H3,20,21)/p+1. The average molecular weight is 337 g/mol. The molecule has 1 atom stereocenters. The highest BCUT2D eigenvalue weighted by Crippen LogP contribution is 2.33. The Hall–Kier alpha value is -2.89. The van der Waals surface area contributed by atoms with Crippen molar-refractivity contribution in [2.24, 2.45) is 10.7 Å². The lowest BCUT2D eigenvalue weighted by molar-refractivity contribution is -0.542. The van der Waals surface area contributed by atoms with Crippen molar-refractivity contribution in [1.29, 1.82) is 0 Å². The van der Waals surface area contributed by atoms with Crippen LogP contribution in [0.15, 0.2) is 41.4 Å². The van der Waals surface area contributed by atoms with Crippen molar-refractivity contribution in [3.8, 4) is 11.5 Å². The normalized spacial score (nSPS) is 19.1. The predicted octanol–water partition coefficient (Wildman–Crippen LogP) is -2.42. The number of amidine groups is 1. The molecule has 0 bridgehead atoms. The quantitative estimate of drug-likeness (QED) is 0.426. The molecule has 6 nitrogen and oxygen atoms in total. The number of nitrogens with one attached hydrogen (secondary N) is 1. The number of ether oxygens (including phenoxy) is 1.